The quantitative estimate of drug-likeness (QED) is 0.489. The third-order valence-electron chi connectivity index (χ3n) is 0.872. The lowest BCUT2D eigenvalue weighted by atomic mass is 10.5. The van der Waals surface area contributed by atoms with Crippen LogP contribution in [0.25, 0.3) is 0 Å². The Balaban J connectivity index is 2.27. The fourth-order valence-electron chi connectivity index (χ4n) is 0.366. The van der Waals surface area contributed by atoms with Crippen LogP contribution in [0.2, 0.25) is 0 Å². The molecule has 2 atom stereocenters. The molecule has 1 rings (SSSR count). The Morgan fingerprint density at radius 3 is 2.43 bits per heavy atom. The van der Waals surface area contributed by atoms with Crippen molar-refractivity contribution in [3.63, 3.8) is 0 Å². The highest BCUT2D eigenvalue weighted by atomic mass is 32.2. The maximum atomic E-state index is 9.96. The second kappa shape index (κ2) is 2.15. The molecule has 4 heteroatoms. The van der Waals surface area contributed by atoms with Crippen LogP contribution in [-0.2, 0) is 11.1 Å². The van der Waals surface area contributed by atoms with E-state index in [4.69, 9.17) is 0 Å². The van der Waals surface area contributed by atoms with Gasteiger partial charge in [-0.1, -0.05) is 0 Å². The molecular formula is C3H5O2S2-. The molecule has 0 amide bonds. The lowest BCUT2D eigenvalue weighted by Crippen LogP contribution is -2.20. The van der Waals surface area contributed by atoms with Crippen molar-refractivity contribution in [2.24, 2.45) is 0 Å². The summed E-state index contributed by atoms with van der Waals surface area (Å²) in [5.41, 5.74) is 0. The summed E-state index contributed by atoms with van der Waals surface area (Å²) in [5, 5.41) is 0. The summed E-state index contributed by atoms with van der Waals surface area (Å²) in [4.78, 5) is 0. The van der Waals surface area contributed by atoms with Gasteiger partial charge >= 0.3 is 0 Å². The Labute approximate surface area is 49.0 Å². The second-order valence-corrected chi connectivity index (χ2v) is 4.05. The molecule has 2 unspecified atom stereocenters. The Hall–Kier alpha value is 0.460. The van der Waals surface area contributed by atoms with E-state index in [1.165, 1.54) is 11.8 Å². The molecule has 0 spiro atoms. The Morgan fingerprint density at radius 1 is 1.86 bits per heavy atom. The van der Waals surface area contributed by atoms with Gasteiger partial charge in [0.05, 0.1) is 4.58 Å². The van der Waals surface area contributed by atoms with E-state index in [2.05, 4.69) is 0 Å². The van der Waals surface area contributed by atoms with Gasteiger partial charge in [0, 0.05) is 0 Å². The molecule has 1 saturated heterocycles. The molecule has 1 heterocycles. The molecule has 0 radical (unpaired) electrons. The van der Waals surface area contributed by atoms with E-state index in [0.717, 1.165) is 12.2 Å². The summed E-state index contributed by atoms with van der Waals surface area (Å²) < 4.78 is 19.8. The molecule has 1 aliphatic rings. The first-order chi connectivity index (χ1) is 3.30. The minimum atomic E-state index is -1.81. The zero-order valence-corrected chi connectivity index (χ0v) is 5.26. The highest BCUT2D eigenvalue weighted by Gasteiger charge is 2.17. The van der Waals surface area contributed by atoms with Crippen molar-refractivity contribution in [2.75, 3.05) is 5.75 Å². The van der Waals surface area contributed by atoms with Crippen LogP contribution in [-0.4, -0.2) is 19.1 Å². The minimum Gasteiger partial charge on any atom is -0.771 e. The molecule has 0 bridgehead atoms. The van der Waals surface area contributed by atoms with Crippen LogP contribution in [0.4, 0.5) is 0 Å². The predicted molar refractivity (Wildman–Crippen MR) is 29.8 cm³/mol. The topological polar surface area (TPSA) is 40.1 Å². The summed E-state index contributed by atoms with van der Waals surface area (Å²) >= 11 is -0.310. The van der Waals surface area contributed by atoms with Gasteiger partial charge in [0.1, 0.15) is 0 Å². The van der Waals surface area contributed by atoms with Crippen molar-refractivity contribution in [1.82, 2.24) is 0 Å². The van der Waals surface area contributed by atoms with Gasteiger partial charge in [0.15, 0.2) is 0 Å². The van der Waals surface area contributed by atoms with Crippen LogP contribution in [0.15, 0.2) is 0 Å². The van der Waals surface area contributed by atoms with Gasteiger partial charge in [0.2, 0.25) is 0 Å². The molecular weight excluding hydrogens is 132 g/mol. The zero-order chi connectivity index (χ0) is 5.28. The normalized spacial score (nSPS) is 34.1. The van der Waals surface area contributed by atoms with Crippen molar-refractivity contribution < 1.29 is 8.76 Å². The van der Waals surface area contributed by atoms with Crippen molar-refractivity contribution >= 4 is 22.8 Å². The minimum absolute atomic E-state index is 0.0833. The fraction of sp³-hybridized carbons (Fsp3) is 1.00. The van der Waals surface area contributed by atoms with Crippen molar-refractivity contribution in [2.45, 2.75) is 11.0 Å². The van der Waals surface area contributed by atoms with Crippen LogP contribution in [0.5, 0.6) is 0 Å². The van der Waals surface area contributed by atoms with Gasteiger partial charge < -0.3 is 4.55 Å². The van der Waals surface area contributed by atoms with Gasteiger partial charge in [-0.15, -0.1) is 11.8 Å². The van der Waals surface area contributed by atoms with E-state index in [-0.39, 0.29) is 4.58 Å². The molecule has 0 saturated carbocycles. The number of hydrogen-bond donors (Lipinski definition) is 0. The lowest BCUT2D eigenvalue weighted by molar-refractivity contribution is 0.531. The lowest BCUT2D eigenvalue weighted by Gasteiger charge is -2.26. The molecule has 1 aliphatic heterocycles. The van der Waals surface area contributed by atoms with Gasteiger partial charge in [-0.25, -0.2) is 0 Å². The number of rotatable bonds is 1. The van der Waals surface area contributed by atoms with Crippen molar-refractivity contribution in [3.8, 4) is 0 Å². The molecule has 0 aromatic carbocycles. The van der Waals surface area contributed by atoms with E-state index in [1.807, 2.05) is 0 Å². The summed E-state index contributed by atoms with van der Waals surface area (Å²) in [6.45, 7) is 0. The van der Waals surface area contributed by atoms with E-state index in [1.54, 1.807) is 0 Å². The summed E-state index contributed by atoms with van der Waals surface area (Å²) in [6.07, 6.45) is 0.848. The molecule has 0 N–H and O–H groups in total. The molecule has 0 aromatic heterocycles. The smallest absolute Gasteiger partial charge is 0.0677 e. The monoisotopic (exact) mass is 137 g/mol. The highest BCUT2D eigenvalue weighted by molar-refractivity contribution is 8.11. The van der Waals surface area contributed by atoms with E-state index < -0.39 is 11.1 Å². The first-order valence-corrected chi connectivity index (χ1v) is 4.19. The molecule has 0 aliphatic carbocycles. The second-order valence-electron chi connectivity index (χ2n) is 1.35. The predicted octanol–water partition coefficient (Wildman–Crippen LogP) is 0.329. The highest BCUT2D eigenvalue weighted by Crippen LogP contribution is 2.29. The molecule has 7 heavy (non-hydrogen) atoms. The summed E-state index contributed by atoms with van der Waals surface area (Å²) in [7, 11) is 0. The first kappa shape index (κ1) is 5.59. The standard InChI is InChI=1S/C3H6O2S2/c4-7(5)3-1-2-6-3/h3H,1-2H2,(H,4,5)/p-1. The zero-order valence-electron chi connectivity index (χ0n) is 3.62. The largest absolute Gasteiger partial charge is 0.771 e. The van der Waals surface area contributed by atoms with Gasteiger partial charge in [-0.05, 0) is 23.3 Å². The Morgan fingerprint density at radius 2 is 2.43 bits per heavy atom. The molecule has 42 valence electrons. The molecule has 0 aromatic rings. The third kappa shape index (κ3) is 1.17. The van der Waals surface area contributed by atoms with Gasteiger partial charge in [-0.2, -0.15) is 0 Å². The maximum absolute atomic E-state index is 9.96. The number of hydrogen-bond acceptors (Lipinski definition) is 3. The van der Waals surface area contributed by atoms with E-state index in [9.17, 15) is 8.76 Å². The van der Waals surface area contributed by atoms with Gasteiger partial charge in [-0.3, -0.25) is 4.21 Å². The number of thioether (sulfide) groups is 1. The maximum Gasteiger partial charge on any atom is 0.0677 e. The van der Waals surface area contributed by atoms with E-state index in [0.29, 0.717) is 0 Å². The fourth-order valence-corrected chi connectivity index (χ4v) is 2.01. The summed E-state index contributed by atoms with van der Waals surface area (Å²) in [5.74, 6) is 1.01. The SMILES string of the molecule is O=S([O-])C1CCS1. The first-order valence-electron chi connectivity index (χ1n) is 2.00. The van der Waals surface area contributed by atoms with Crippen LogP contribution in [0, 0.1) is 0 Å². The van der Waals surface area contributed by atoms with Crippen molar-refractivity contribution in [1.29, 1.82) is 0 Å². The average molecular weight is 137 g/mol. The average Bonchev–Trinajstić information content (AvgIpc) is 1.23. The van der Waals surface area contributed by atoms with Crippen LogP contribution in [0.3, 0.4) is 0 Å². The van der Waals surface area contributed by atoms with Crippen LogP contribution < -0.4 is 0 Å². The van der Waals surface area contributed by atoms with Crippen molar-refractivity contribution in [3.05, 3.63) is 0 Å². The van der Waals surface area contributed by atoms with Gasteiger partial charge in [0.25, 0.3) is 0 Å². The van der Waals surface area contributed by atoms with Crippen LogP contribution in [0.1, 0.15) is 6.42 Å². The van der Waals surface area contributed by atoms with E-state index >= 15 is 0 Å². The Bertz CT molecular complexity index is 88.9. The third-order valence-corrected chi connectivity index (χ3v) is 3.50. The molecule has 2 nitrogen and oxygen atoms in total. The van der Waals surface area contributed by atoms with Crippen LogP contribution >= 0.6 is 11.8 Å². The summed E-state index contributed by atoms with van der Waals surface area (Å²) in [6, 6.07) is 0. The Kier molecular flexibility index (Phi) is 1.72. The molecule has 1 fully saturated rings.